The van der Waals surface area contributed by atoms with Crippen molar-refractivity contribution in [3.8, 4) is 0 Å². The number of thiophene rings is 1. The van der Waals surface area contributed by atoms with Gasteiger partial charge < -0.3 is 5.32 Å². The average molecular weight is 288 g/mol. The Bertz CT molecular complexity index is 551. The minimum Gasteiger partial charge on any atom is -0.351 e. The summed E-state index contributed by atoms with van der Waals surface area (Å²) in [5, 5.41) is 7.14. The van der Waals surface area contributed by atoms with Crippen molar-refractivity contribution in [3.63, 3.8) is 0 Å². The van der Waals surface area contributed by atoms with E-state index < -0.39 is 0 Å². The number of rotatable bonds is 6. The van der Waals surface area contributed by atoms with Crippen molar-refractivity contribution in [1.82, 2.24) is 10.2 Å². The molecule has 1 aromatic heterocycles. The molecule has 2 rings (SSSR count). The van der Waals surface area contributed by atoms with E-state index in [0.717, 1.165) is 6.54 Å². The second kappa shape index (κ2) is 7.22. The van der Waals surface area contributed by atoms with Gasteiger partial charge in [-0.3, -0.25) is 9.69 Å². The molecule has 1 amide bonds. The van der Waals surface area contributed by atoms with Crippen molar-refractivity contribution in [2.45, 2.75) is 20.0 Å². The highest BCUT2D eigenvalue weighted by Gasteiger charge is 2.07. The minimum absolute atomic E-state index is 0.0611. The van der Waals surface area contributed by atoms with E-state index in [9.17, 15) is 4.79 Å². The quantitative estimate of drug-likeness (QED) is 0.886. The van der Waals surface area contributed by atoms with Gasteiger partial charge in [-0.05, 0) is 47.5 Å². The Balaban J connectivity index is 1.76. The highest BCUT2D eigenvalue weighted by atomic mass is 32.1. The number of nitrogens with one attached hydrogen (secondary N) is 1. The number of benzene rings is 1. The van der Waals surface area contributed by atoms with Crippen LogP contribution in [0.15, 0.2) is 41.1 Å². The lowest BCUT2D eigenvalue weighted by Gasteiger charge is -2.15. The Morgan fingerprint density at radius 2 is 2.10 bits per heavy atom. The fraction of sp³-hybridized carbons (Fsp3) is 0.312. The highest BCUT2D eigenvalue weighted by Crippen LogP contribution is 2.08. The van der Waals surface area contributed by atoms with E-state index in [4.69, 9.17) is 0 Å². The molecular weight excluding hydrogens is 268 g/mol. The predicted molar refractivity (Wildman–Crippen MR) is 83.7 cm³/mol. The van der Waals surface area contributed by atoms with Crippen molar-refractivity contribution in [2.24, 2.45) is 0 Å². The lowest BCUT2D eigenvalue weighted by molar-refractivity contribution is -0.122. The molecule has 0 radical (unpaired) electrons. The Hall–Kier alpha value is -1.65. The molecule has 4 heteroatoms. The zero-order valence-corrected chi connectivity index (χ0v) is 12.7. The van der Waals surface area contributed by atoms with E-state index in [1.807, 2.05) is 30.1 Å². The molecule has 0 saturated carbocycles. The largest absolute Gasteiger partial charge is 0.351 e. The summed E-state index contributed by atoms with van der Waals surface area (Å²) in [6, 6.07) is 10.2. The van der Waals surface area contributed by atoms with Crippen molar-refractivity contribution in [2.75, 3.05) is 13.6 Å². The Labute approximate surface area is 124 Å². The van der Waals surface area contributed by atoms with E-state index in [1.165, 1.54) is 16.7 Å². The number of hydrogen-bond donors (Lipinski definition) is 1. The monoisotopic (exact) mass is 288 g/mol. The van der Waals surface area contributed by atoms with Gasteiger partial charge in [-0.15, -0.1) is 0 Å². The van der Waals surface area contributed by atoms with Crippen LogP contribution >= 0.6 is 11.3 Å². The molecule has 20 heavy (non-hydrogen) atoms. The zero-order chi connectivity index (χ0) is 14.4. The lowest BCUT2D eigenvalue weighted by Crippen LogP contribution is -2.34. The Morgan fingerprint density at radius 3 is 2.80 bits per heavy atom. The fourth-order valence-electron chi connectivity index (χ4n) is 2.05. The molecule has 2 aromatic rings. The Morgan fingerprint density at radius 1 is 1.30 bits per heavy atom. The van der Waals surface area contributed by atoms with Gasteiger partial charge in [0.15, 0.2) is 0 Å². The third kappa shape index (κ3) is 4.47. The van der Waals surface area contributed by atoms with Gasteiger partial charge in [0.05, 0.1) is 6.54 Å². The van der Waals surface area contributed by atoms with Gasteiger partial charge in [0.25, 0.3) is 0 Å². The topological polar surface area (TPSA) is 32.3 Å². The Kier molecular flexibility index (Phi) is 5.32. The molecule has 106 valence electrons. The number of aryl methyl sites for hydroxylation is 1. The molecular formula is C16H20N2OS. The van der Waals surface area contributed by atoms with Gasteiger partial charge >= 0.3 is 0 Å². The normalized spacial score (nSPS) is 10.8. The number of likely N-dealkylation sites (N-methyl/N-ethyl adjacent to an activating group) is 1. The predicted octanol–water partition coefficient (Wildman–Crippen LogP) is 2.80. The fourth-order valence-corrected chi connectivity index (χ4v) is 2.71. The number of hydrogen-bond acceptors (Lipinski definition) is 3. The van der Waals surface area contributed by atoms with E-state index in [0.29, 0.717) is 13.1 Å². The first kappa shape index (κ1) is 14.8. The van der Waals surface area contributed by atoms with Crippen LogP contribution in [0.2, 0.25) is 0 Å². The summed E-state index contributed by atoms with van der Waals surface area (Å²) >= 11 is 1.68. The maximum atomic E-state index is 11.9. The summed E-state index contributed by atoms with van der Waals surface area (Å²) < 4.78 is 0. The molecule has 1 aromatic carbocycles. The number of amides is 1. The summed E-state index contributed by atoms with van der Waals surface area (Å²) in [4.78, 5) is 13.9. The van der Waals surface area contributed by atoms with Gasteiger partial charge in [0, 0.05) is 13.1 Å². The molecule has 0 bridgehead atoms. The summed E-state index contributed by atoms with van der Waals surface area (Å²) in [6.07, 6.45) is 0. The summed E-state index contributed by atoms with van der Waals surface area (Å²) in [6.45, 7) is 3.88. The molecule has 1 heterocycles. The third-order valence-corrected chi connectivity index (χ3v) is 3.92. The van der Waals surface area contributed by atoms with E-state index in [2.05, 4.69) is 35.1 Å². The van der Waals surface area contributed by atoms with Gasteiger partial charge in [-0.1, -0.05) is 24.3 Å². The van der Waals surface area contributed by atoms with Crippen LogP contribution in [0.3, 0.4) is 0 Å². The van der Waals surface area contributed by atoms with Gasteiger partial charge in [0.2, 0.25) is 5.91 Å². The number of carbonyl (C=O) groups is 1. The molecule has 0 saturated heterocycles. The first-order chi connectivity index (χ1) is 9.65. The molecule has 0 fully saturated rings. The van der Waals surface area contributed by atoms with Crippen molar-refractivity contribution >= 4 is 17.2 Å². The van der Waals surface area contributed by atoms with Crippen molar-refractivity contribution < 1.29 is 4.79 Å². The van der Waals surface area contributed by atoms with Crippen LogP contribution in [0, 0.1) is 6.92 Å². The molecule has 0 aliphatic heterocycles. The van der Waals surface area contributed by atoms with Crippen LogP contribution in [0.25, 0.3) is 0 Å². The third-order valence-electron chi connectivity index (χ3n) is 3.18. The summed E-state index contributed by atoms with van der Waals surface area (Å²) in [5.74, 6) is 0.0611. The second-order valence-electron chi connectivity index (χ2n) is 5.01. The summed E-state index contributed by atoms with van der Waals surface area (Å²) in [7, 11) is 1.96. The van der Waals surface area contributed by atoms with Crippen LogP contribution in [0.1, 0.15) is 16.7 Å². The van der Waals surface area contributed by atoms with E-state index >= 15 is 0 Å². The first-order valence-electron chi connectivity index (χ1n) is 6.66. The molecule has 3 nitrogen and oxygen atoms in total. The standard InChI is InChI=1S/C16H20N2OS/c1-13-5-3-4-6-15(13)9-17-16(19)11-18(2)10-14-7-8-20-12-14/h3-8,12H,9-11H2,1-2H3,(H,17,19). The molecule has 0 atom stereocenters. The molecule has 1 N–H and O–H groups in total. The average Bonchev–Trinajstić information content (AvgIpc) is 2.90. The van der Waals surface area contributed by atoms with E-state index in [1.54, 1.807) is 11.3 Å². The zero-order valence-electron chi connectivity index (χ0n) is 11.9. The van der Waals surface area contributed by atoms with Crippen LogP contribution in [0.4, 0.5) is 0 Å². The van der Waals surface area contributed by atoms with Gasteiger partial charge in [-0.2, -0.15) is 11.3 Å². The molecule has 0 aliphatic rings. The molecule has 0 aliphatic carbocycles. The van der Waals surface area contributed by atoms with Crippen LogP contribution in [-0.2, 0) is 17.9 Å². The summed E-state index contributed by atoms with van der Waals surface area (Å²) in [5.41, 5.74) is 3.63. The van der Waals surface area contributed by atoms with E-state index in [-0.39, 0.29) is 5.91 Å². The first-order valence-corrected chi connectivity index (χ1v) is 7.60. The maximum absolute atomic E-state index is 11.9. The number of carbonyl (C=O) groups excluding carboxylic acids is 1. The smallest absolute Gasteiger partial charge is 0.234 e. The highest BCUT2D eigenvalue weighted by molar-refractivity contribution is 7.07. The van der Waals surface area contributed by atoms with Crippen LogP contribution < -0.4 is 5.32 Å². The van der Waals surface area contributed by atoms with Crippen LogP contribution in [0.5, 0.6) is 0 Å². The van der Waals surface area contributed by atoms with Crippen LogP contribution in [-0.4, -0.2) is 24.4 Å². The SMILES string of the molecule is Cc1ccccc1CNC(=O)CN(C)Cc1ccsc1. The van der Waals surface area contributed by atoms with Gasteiger partial charge in [-0.25, -0.2) is 0 Å². The minimum atomic E-state index is 0.0611. The lowest BCUT2D eigenvalue weighted by atomic mass is 10.1. The molecule has 0 unspecified atom stereocenters. The number of nitrogens with zero attached hydrogens (tertiary/aromatic N) is 1. The van der Waals surface area contributed by atoms with Crippen molar-refractivity contribution in [3.05, 3.63) is 57.8 Å². The van der Waals surface area contributed by atoms with Gasteiger partial charge in [0.1, 0.15) is 0 Å². The second-order valence-corrected chi connectivity index (χ2v) is 5.79. The van der Waals surface area contributed by atoms with Crippen molar-refractivity contribution in [1.29, 1.82) is 0 Å². The maximum Gasteiger partial charge on any atom is 0.234 e. The molecule has 0 spiro atoms.